The number of hydrogen-bond donors (Lipinski definition) is 2. The molecule has 19 heavy (non-hydrogen) atoms. The molecule has 0 aliphatic carbocycles. The molecule has 4 nitrogen and oxygen atoms in total. The van der Waals surface area contributed by atoms with Gasteiger partial charge < -0.3 is 15.2 Å². The first-order valence-corrected chi connectivity index (χ1v) is 6.28. The molecule has 1 aromatic carbocycles. The zero-order valence-corrected chi connectivity index (χ0v) is 11.4. The van der Waals surface area contributed by atoms with E-state index in [2.05, 4.69) is 5.32 Å². The van der Waals surface area contributed by atoms with Gasteiger partial charge in [0.25, 0.3) is 5.91 Å². The van der Waals surface area contributed by atoms with E-state index < -0.39 is 11.9 Å². The number of amides is 1. The standard InChI is InChI=1S/C14H20FNO3/c1-9(2)12(8-17)16-14(18)10(3)19-13-7-5-4-6-11(13)15/h4-7,9-10,12,17H,8H2,1-3H3,(H,16,18). The lowest BCUT2D eigenvalue weighted by Crippen LogP contribution is -2.46. The molecule has 0 aromatic heterocycles. The molecule has 106 valence electrons. The van der Waals surface area contributed by atoms with Gasteiger partial charge in [-0.05, 0) is 25.0 Å². The van der Waals surface area contributed by atoms with Crippen molar-refractivity contribution in [2.45, 2.75) is 32.9 Å². The average molecular weight is 269 g/mol. The highest BCUT2D eigenvalue weighted by Gasteiger charge is 2.21. The third-order valence-electron chi connectivity index (χ3n) is 2.84. The van der Waals surface area contributed by atoms with Crippen LogP contribution in [0.3, 0.4) is 0 Å². The zero-order chi connectivity index (χ0) is 14.4. The number of rotatable bonds is 6. The Balaban J connectivity index is 2.60. The highest BCUT2D eigenvalue weighted by molar-refractivity contribution is 5.81. The Labute approximate surface area is 112 Å². The molecule has 0 fully saturated rings. The lowest BCUT2D eigenvalue weighted by Gasteiger charge is -2.22. The third kappa shape index (κ3) is 4.52. The van der Waals surface area contributed by atoms with Gasteiger partial charge in [0, 0.05) is 0 Å². The van der Waals surface area contributed by atoms with E-state index in [1.54, 1.807) is 12.1 Å². The van der Waals surface area contributed by atoms with Crippen molar-refractivity contribution in [3.63, 3.8) is 0 Å². The Bertz CT molecular complexity index is 423. The predicted octanol–water partition coefficient (Wildman–Crippen LogP) is 1.73. The van der Waals surface area contributed by atoms with Crippen LogP contribution in [0.5, 0.6) is 5.75 Å². The molecule has 0 saturated carbocycles. The molecule has 0 bridgehead atoms. The van der Waals surface area contributed by atoms with Crippen LogP contribution in [0.4, 0.5) is 4.39 Å². The van der Waals surface area contributed by atoms with E-state index in [4.69, 9.17) is 9.84 Å². The predicted molar refractivity (Wildman–Crippen MR) is 70.3 cm³/mol. The molecule has 2 unspecified atom stereocenters. The lowest BCUT2D eigenvalue weighted by atomic mass is 10.1. The molecular weight excluding hydrogens is 249 g/mol. The van der Waals surface area contributed by atoms with Crippen molar-refractivity contribution in [1.82, 2.24) is 5.32 Å². The summed E-state index contributed by atoms with van der Waals surface area (Å²) in [6, 6.07) is 5.58. The molecule has 0 heterocycles. The highest BCUT2D eigenvalue weighted by atomic mass is 19.1. The number of carbonyl (C=O) groups excluding carboxylic acids is 1. The van der Waals surface area contributed by atoms with Crippen LogP contribution in [0.1, 0.15) is 20.8 Å². The van der Waals surface area contributed by atoms with E-state index in [1.807, 2.05) is 13.8 Å². The Kier molecular flexibility index (Phi) is 5.76. The fourth-order valence-electron chi connectivity index (χ4n) is 1.51. The van der Waals surface area contributed by atoms with Gasteiger partial charge in [-0.25, -0.2) is 4.39 Å². The molecule has 0 spiro atoms. The Morgan fingerprint density at radius 2 is 2.00 bits per heavy atom. The van der Waals surface area contributed by atoms with Gasteiger partial charge in [0.1, 0.15) is 0 Å². The Hall–Kier alpha value is -1.62. The van der Waals surface area contributed by atoms with Crippen LogP contribution < -0.4 is 10.1 Å². The average Bonchev–Trinajstić information content (AvgIpc) is 2.37. The fourth-order valence-corrected chi connectivity index (χ4v) is 1.51. The molecule has 0 radical (unpaired) electrons. The van der Waals surface area contributed by atoms with Crippen LogP contribution in [0.25, 0.3) is 0 Å². The van der Waals surface area contributed by atoms with Crippen LogP contribution >= 0.6 is 0 Å². The third-order valence-corrected chi connectivity index (χ3v) is 2.84. The zero-order valence-electron chi connectivity index (χ0n) is 11.4. The summed E-state index contributed by atoms with van der Waals surface area (Å²) >= 11 is 0. The molecule has 1 amide bonds. The highest BCUT2D eigenvalue weighted by Crippen LogP contribution is 2.17. The minimum absolute atomic E-state index is 0.0373. The molecule has 5 heteroatoms. The summed E-state index contributed by atoms with van der Waals surface area (Å²) in [7, 11) is 0. The first-order valence-electron chi connectivity index (χ1n) is 6.28. The van der Waals surface area contributed by atoms with Gasteiger partial charge in [-0.2, -0.15) is 0 Å². The van der Waals surface area contributed by atoms with Crippen LogP contribution in [-0.4, -0.2) is 29.8 Å². The van der Waals surface area contributed by atoms with E-state index in [0.717, 1.165) is 0 Å². The SMILES string of the molecule is CC(Oc1ccccc1F)C(=O)NC(CO)C(C)C. The van der Waals surface area contributed by atoms with E-state index in [0.29, 0.717) is 0 Å². The van der Waals surface area contributed by atoms with Crippen molar-refractivity contribution in [3.05, 3.63) is 30.1 Å². The maximum atomic E-state index is 13.4. The summed E-state index contributed by atoms with van der Waals surface area (Å²) in [5.41, 5.74) is 0. The lowest BCUT2D eigenvalue weighted by molar-refractivity contribution is -0.128. The summed E-state index contributed by atoms with van der Waals surface area (Å²) in [4.78, 5) is 11.9. The van der Waals surface area contributed by atoms with Crippen LogP contribution in [0.15, 0.2) is 24.3 Å². The van der Waals surface area contributed by atoms with Gasteiger partial charge >= 0.3 is 0 Å². The van der Waals surface area contributed by atoms with Gasteiger partial charge in [0.15, 0.2) is 17.7 Å². The minimum atomic E-state index is -0.829. The summed E-state index contributed by atoms with van der Waals surface area (Å²) < 4.78 is 18.6. The molecule has 2 atom stereocenters. The maximum Gasteiger partial charge on any atom is 0.261 e. The quantitative estimate of drug-likeness (QED) is 0.827. The van der Waals surface area contributed by atoms with Gasteiger partial charge in [0.2, 0.25) is 0 Å². The molecule has 0 aliphatic rings. The van der Waals surface area contributed by atoms with Crippen molar-refractivity contribution in [1.29, 1.82) is 0 Å². The van der Waals surface area contributed by atoms with Crippen molar-refractivity contribution in [2.24, 2.45) is 5.92 Å². The molecule has 0 aliphatic heterocycles. The molecule has 0 saturated heterocycles. The number of nitrogens with one attached hydrogen (secondary N) is 1. The Morgan fingerprint density at radius 3 is 2.53 bits per heavy atom. The van der Waals surface area contributed by atoms with Crippen LogP contribution in [-0.2, 0) is 4.79 Å². The summed E-state index contributed by atoms with van der Waals surface area (Å²) in [5, 5.41) is 11.8. The van der Waals surface area contributed by atoms with E-state index in [-0.39, 0.29) is 30.2 Å². The summed E-state index contributed by atoms with van der Waals surface area (Å²) in [6.45, 7) is 5.18. The molecule has 2 N–H and O–H groups in total. The first-order chi connectivity index (χ1) is 8.95. The first kappa shape index (κ1) is 15.4. The van der Waals surface area contributed by atoms with Crippen molar-refractivity contribution in [2.75, 3.05) is 6.61 Å². The van der Waals surface area contributed by atoms with E-state index in [1.165, 1.54) is 19.1 Å². The van der Waals surface area contributed by atoms with Crippen LogP contribution in [0, 0.1) is 11.7 Å². The number of benzene rings is 1. The molecular formula is C14H20FNO3. The number of hydrogen-bond acceptors (Lipinski definition) is 3. The largest absolute Gasteiger partial charge is 0.478 e. The van der Waals surface area contributed by atoms with Gasteiger partial charge in [0.05, 0.1) is 12.6 Å². The van der Waals surface area contributed by atoms with E-state index >= 15 is 0 Å². The molecule has 1 rings (SSSR count). The van der Waals surface area contributed by atoms with Gasteiger partial charge in [-0.1, -0.05) is 26.0 Å². The Morgan fingerprint density at radius 1 is 1.37 bits per heavy atom. The number of ether oxygens (including phenoxy) is 1. The van der Waals surface area contributed by atoms with Crippen molar-refractivity contribution < 1.29 is 19.0 Å². The maximum absolute atomic E-state index is 13.4. The summed E-state index contributed by atoms with van der Waals surface area (Å²) in [6.07, 6.45) is -0.829. The van der Waals surface area contributed by atoms with E-state index in [9.17, 15) is 9.18 Å². The number of carbonyl (C=O) groups is 1. The van der Waals surface area contributed by atoms with Gasteiger partial charge in [-0.15, -0.1) is 0 Å². The molecule has 1 aromatic rings. The minimum Gasteiger partial charge on any atom is -0.478 e. The number of aliphatic hydroxyl groups is 1. The monoisotopic (exact) mass is 269 g/mol. The number of halogens is 1. The number of para-hydroxylation sites is 1. The van der Waals surface area contributed by atoms with Gasteiger partial charge in [-0.3, -0.25) is 4.79 Å². The second-order valence-corrected chi connectivity index (χ2v) is 4.73. The fraction of sp³-hybridized carbons (Fsp3) is 0.500. The number of aliphatic hydroxyl groups excluding tert-OH is 1. The van der Waals surface area contributed by atoms with Crippen LogP contribution in [0.2, 0.25) is 0 Å². The summed E-state index contributed by atoms with van der Waals surface area (Å²) in [5.74, 6) is -0.745. The second-order valence-electron chi connectivity index (χ2n) is 4.73. The normalized spacial score (nSPS) is 14.0. The van der Waals surface area contributed by atoms with Crippen molar-refractivity contribution in [3.8, 4) is 5.75 Å². The van der Waals surface area contributed by atoms with Crippen molar-refractivity contribution >= 4 is 5.91 Å². The smallest absolute Gasteiger partial charge is 0.261 e. The second kappa shape index (κ2) is 7.09. The topological polar surface area (TPSA) is 58.6 Å².